The molecule has 3 heterocycles. The molecule has 1 atom stereocenters. The van der Waals surface area contributed by atoms with Crippen molar-refractivity contribution in [2.45, 2.75) is 57.5 Å². The number of nitrogens with zero attached hydrogens (tertiary/aromatic N) is 4. The summed E-state index contributed by atoms with van der Waals surface area (Å²) in [4.78, 5) is 50.1. The molecule has 2 aromatic rings. The van der Waals surface area contributed by atoms with Crippen LogP contribution in [0, 0.1) is 5.92 Å². The molecule has 10 heteroatoms. The van der Waals surface area contributed by atoms with Gasteiger partial charge < -0.3 is 35.0 Å². The Hall–Kier alpha value is -3.63. The third-order valence-corrected chi connectivity index (χ3v) is 9.99. The van der Waals surface area contributed by atoms with Crippen LogP contribution in [0.3, 0.4) is 0 Å². The number of hydrogen-bond donors (Lipinski definition) is 2. The third kappa shape index (κ3) is 7.44. The van der Waals surface area contributed by atoms with Gasteiger partial charge in [-0.05, 0) is 81.7 Å². The first-order valence-electron chi connectivity index (χ1n) is 16.7. The maximum atomic E-state index is 14.2. The van der Waals surface area contributed by atoms with Crippen molar-refractivity contribution in [3.63, 3.8) is 0 Å². The Labute approximate surface area is 268 Å². The van der Waals surface area contributed by atoms with Crippen molar-refractivity contribution >= 4 is 23.4 Å². The molecule has 10 nitrogen and oxygen atoms in total. The van der Waals surface area contributed by atoms with Crippen molar-refractivity contribution in [3.8, 4) is 5.75 Å². The lowest BCUT2D eigenvalue weighted by Gasteiger charge is -2.44. The lowest BCUT2D eigenvalue weighted by Crippen LogP contribution is -2.60. The van der Waals surface area contributed by atoms with E-state index >= 15 is 0 Å². The van der Waals surface area contributed by atoms with Crippen LogP contribution in [-0.4, -0.2) is 110 Å². The van der Waals surface area contributed by atoms with Crippen molar-refractivity contribution in [1.29, 1.82) is 0 Å². The van der Waals surface area contributed by atoms with Gasteiger partial charge in [-0.2, -0.15) is 0 Å². The zero-order valence-corrected chi connectivity index (χ0v) is 27.2. The number of carbonyl (C=O) groups excluding carboxylic acids is 3. The Balaban J connectivity index is 1.32. The van der Waals surface area contributed by atoms with Gasteiger partial charge >= 0.3 is 0 Å². The minimum Gasteiger partial charge on any atom is -0.497 e. The average Bonchev–Trinajstić information content (AvgIpc) is 3.36. The van der Waals surface area contributed by atoms with Gasteiger partial charge in [0.2, 0.25) is 17.7 Å². The van der Waals surface area contributed by atoms with E-state index in [-0.39, 0.29) is 23.6 Å². The number of para-hydroxylation sites is 1. The number of likely N-dealkylation sites (tertiary alicyclic amines) is 1. The molecule has 2 aromatic carbocycles. The summed E-state index contributed by atoms with van der Waals surface area (Å²) in [5, 5.41) is 6.44. The second-order valence-corrected chi connectivity index (χ2v) is 12.5. The van der Waals surface area contributed by atoms with Crippen molar-refractivity contribution < 1.29 is 19.1 Å². The quantitative estimate of drug-likeness (QED) is 0.378. The van der Waals surface area contributed by atoms with Gasteiger partial charge in [-0.25, -0.2) is 0 Å². The topological polar surface area (TPSA) is 97.5 Å². The van der Waals surface area contributed by atoms with Gasteiger partial charge in [0, 0.05) is 44.2 Å². The van der Waals surface area contributed by atoms with E-state index in [1.165, 1.54) is 0 Å². The molecular formula is C35H50N6O4. The molecule has 3 amide bonds. The maximum absolute atomic E-state index is 14.2. The molecule has 45 heavy (non-hydrogen) atoms. The first-order valence-corrected chi connectivity index (χ1v) is 16.7. The molecule has 0 saturated carbocycles. The molecule has 3 aliphatic rings. The van der Waals surface area contributed by atoms with E-state index in [9.17, 15) is 14.4 Å². The second kappa shape index (κ2) is 15.1. The highest BCUT2D eigenvalue weighted by atomic mass is 16.5. The number of piperidine rings is 2. The Morgan fingerprint density at radius 1 is 1.02 bits per heavy atom. The molecule has 244 valence electrons. The summed E-state index contributed by atoms with van der Waals surface area (Å²) in [5.41, 5.74) is 1.30. The van der Waals surface area contributed by atoms with Crippen LogP contribution < -0.4 is 20.3 Å². The fourth-order valence-corrected chi connectivity index (χ4v) is 7.06. The van der Waals surface area contributed by atoms with Crippen LogP contribution >= 0.6 is 0 Å². The summed E-state index contributed by atoms with van der Waals surface area (Å²) in [7, 11) is 1.63. The van der Waals surface area contributed by atoms with Crippen molar-refractivity contribution in [3.05, 3.63) is 60.2 Å². The van der Waals surface area contributed by atoms with Crippen molar-refractivity contribution in [2.75, 3.05) is 71.0 Å². The normalized spacial score (nSPS) is 19.3. The number of anilines is 1. The van der Waals surface area contributed by atoms with Gasteiger partial charge in [0.15, 0.2) is 0 Å². The predicted octanol–water partition coefficient (Wildman–Crippen LogP) is 2.73. The van der Waals surface area contributed by atoms with E-state index in [1.807, 2.05) is 52.3 Å². The van der Waals surface area contributed by atoms with Crippen LogP contribution in [0.5, 0.6) is 5.75 Å². The molecule has 3 aliphatic heterocycles. The number of hydrogen-bond acceptors (Lipinski definition) is 7. The van der Waals surface area contributed by atoms with Gasteiger partial charge in [0.25, 0.3) is 0 Å². The summed E-state index contributed by atoms with van der Waals surface area (Å²) >= 11 is 0. The van der Waals surface area contributed by atoms with E-state index in [4.69, 9.17) is 4.74 Å². The van der Waals surface area contributed by atoms with Crippen molar-refractivity contribution in [2.24, 2.45) is 5.92 Å². The Kier molecular flexibility index (Phi) is 11.0. The van der Waals surface area contributed by atoms with E-state index in [0.717, 1.165) is 62.6 Å². The lowest BCUT2D eigenvalue weighted by molar-refractivity contribution is -0.141. The smallest absolute Gasteiger partial charge is 0.250 e. The highest BCUT2D eigenvalue weighted by Crippen LogP contribution is 2.39. The van der Waals surface area contributed by atoms with Crippen LogP contribution in [0.25, 0.3) is 0 Å². The number of carbonyl (C=O) groups is 3. The molecule has 3 saturated heterocycles. The monoisotopic (exact) mass is 618 g/mol. The number of ether oxygens (including phenoxy) is 1. The van der Waals surface area contributed by atoms with Crippen LogP contribution in [0.2, 0.25) is 0 Å². The number of likely N-dealkylation sites (N-methyl/N-ethyl adjacent to an activating group) is 1. The molecule has 3 fully saturated rings. The van der Waals surface area contributed by atoms with Crippen molar-refractivity contribution in [1.82, 2.24) is 25.3 Å². The molecular weight excluding hydrogens is 568 g/mol. The fraction of sp³-hybridized carbons (Fsp3) is 0.571. The van der Waals surface area contributed by atoms with Crippen LogP contribution in [-0.2, 0) is 20.8 Å². The standard InChI is InChI=1S/C35H50N6O4/c1-4-38(5-2)23-24-40-26-41(29-9-7-6-8-10-29)35(34(40)44)17-21-39(22-18-35)33(43)31(25-27-11-13-30(45-3)14-12-27)37-32(42)28-15-19-36-20-16-28/h6-14,28,31,36H,4-5,15-26H2,1-3H3,(H,37,42). The summed E-state index contributed by atoms with van der Waals surface area (Å²) < 4.78 is 5.31. The predicted molar refractivity (Wildman–Crippen MR) is 176 cm³/mol. The third-order valence-electron chi connectivity index (χ3n) is 9.99. The molecule has 0 radical (unpaired) electrons. The lowest BCUT2D eigenvalue weighted by atomic mass is 9.85. The number of methoxy groups -OCH3 is 1. The highest BCUT2D eigenvalue weighted by molar-refractivity contribution is 5.94. The molecule has 5 rings (SSSR count). The zero-order chi connectivity index (χ0) is 31.8. The number of nitrogens with one attached hydrogen (secondary N) is 2. The highest BCUT2D eigenvalue weighted by Gasteiger charge is 2.54. The van der Waals surface area contributed by atoms with Gasteiger partial charge in [-0.3, -0.25) is 14.4 Å². The fourth-order valence-electron chi connectivity index (χ4n) is 7.06. The van der Waals surface area contributed by atoms with E-state index < -0.39 is 11.6 Å². The number of rotatable bonds is 12. The molecule has 0 aromatic heterocycles. The summed E-state index contributed by atoms with van der Waals surface area (Å²) in [6.45, 7) is 10.8. The summed E-state index contributed by atoms with van der Waals surface area (Å²) in [5.74, 6) is 0.663. The van der Waals surface area contributed by atoms with E-state index in [1.54, 1.807) is 7.11 Å². The van der Waals surface area contributed by atoms with Crippen LogP contribution in [0.1, 0.15) is 45.1 Å². The summed E-state index contributed by atoms with van der Waals surface area (Å²) in [6, 6.07) is 17.1. The Morgan fingerprint density at radius 2 is 1.69 bits per heavy atom. The average molecular weight is 619 g/mol. The van der Waals surface area contributed by atoms with E-state index in [0.29, 0.717) is 45.6 Å². The van der Waals surface area contributed by atoms with Gasteiger partial charge in [-0.15, -0.1) is 0 Å². The second-order valence-electron chi connectivity index (χ2n) is 12.5. The minimum atomic E-state index is -0.689. The largest absolute Gasteiger partial charge is 0.497 e. The van der Waals surface area contributed by atoms with Gasteiger partial charge in [0.1, 0.15) is 17.3 Å². The molecule has 1 spiro atoms. The SMILES string of the molecule is CCN(CC)CCN1CN(c2ccccc2)C2(CCN(C(=O)C(Cc3ccc(OC)cc3)NC(=O)C3CCNCC3)CC2)C1=O. The zero-order valence-electron chi connectivity index (χ0n) is 27.2. The molecule has 0 bridgehead atoms. The number of benzene rings is 2. The van der Waals surface area contributed by atoms with E-state index in [2.05, 4.69) is 46.4 Å². The van der Waals surface area contributed by atoms with Gasteiger partial charge in [0.05, 0.1) is 13.8 Å². The first-order chi connectivity index (χ1) is 21.9. The molecule has 2 N–H and O–H groups in total. The first kappa shape index (κ1) is 32.8. The Morgan fingerprint density at radius 3 is 2.31 bits per heavy atom. The van der Waals surface area contributed by atoms with Crippen LogP contribution in [0.15, 0.2) is 54.6 Å². The number of amides is 3. The van der Waals surface area contributed by atoms with Gasteiger partial charge in [-0.1, -0.05) is 44.2 Å². The van der Waals surface area contributed by atoms with Crippen LogP contribution in [0.4, 0.5) is 5.69 Å². The minimum absolute atomic E-state index is 0.0538. The summed E-state index contributed by atoms with van der Waals surface area (Å²) in [6.07, 6.45) is 3.03. The maximum Gasteiger partial charge on any atom is 0.250 e. The molecule has 0 aliphatic carbocycles. The Bertz CT molecular complexity index is 1270. The molecule has 1 unspecified atom stereocenters.